The molecular weight excluding hydrogens is 190 g/mol. The highest BCUT2D eigenvalue weighted by molar-refractivity contribution is 4.75. The zero-order chi connectivity index (χ0) is 11.3. The molecule has 1 aliphatic carbocycles. The molecule has 0 aliphatic heterocycles. The van der Waals surface area contributed by atoms with E-state index >= 15 is 0 Å². The second-order valence-electron chi connectivity index (χ2n) is 5.47. The molecule has 0 spiro atoms. The number of hydrogen-bond donors (Lipinski definition) is 2. The fraction of sp³-hybridized carbons (Fsp3) is 1.00. The molecule has 1 aliphatic rings. The molecule has 0 unspecified atom stereocenters. The number of hydrogen-bond acceptors (Lipinski definition) is 3. The first-order chi connectivity index (χ1) is 6.97. The highest BCUT2D eigenvalue weighted by atomic mass is 16.5. The quantitative estimate of drug-likeness (QED) is 0.733. The van der Waals surface area contributed by atoms with E-state index in [0.717, 1.165) is 0 Å². The van der Waals surface area contributed by atoms with Gasteiger partial charge in [-0.1, -0.05) is 12.8 Å². The lowest BCUT2D eigenvalue weighted by Crippen LogP contribution is -2.37. The Balaban J connectivity index is 2.05. The standard InChI is InChI=1S/C12H25NO2/c1-12(2,3)15-9-11(14)8-13-10-6-4-5-7-10/h10-11,13-14H,4-9H2,1-3H3/t11-/m0/s1. The van der Waals surface area contributed by atoms with E-state index in [4.69, 9.17) is 4.74 Å². The molecule has 0 aromatic carbocycles. The van der Waals surface area contributed by atoms with Crippen molar-refractivity contribution in [3.05, 3.63) is 0 Å². The van der Waals surface area contributed by atoms with E-state index in [2.05, 4.69) is 5.32 Å². The Kier molecular flexibility index (Phi) is 5.03. The van der Waals surface area contributed by atoms with Crippen LogP contribution in [0.3, 0.4) is 0 Å². The van der Waals surface area contributed by atoms with E-state index in [-0.39, 0.29) is 11.7 Å². The highest BCUT2D eigenvalue weighted by Crippen LogP contribution is 2.17. The first-order valence-corrected chi connectivity index (χ1v) is 6.03. The minimum Gasteiger partial charge on any atom is -0.389 e. The lowest BCUT2D eigenvalue weighted by molar-refractivity contribution is -0.0483. The molecule has 3 nitrogen and oxygen atoms in total. The summed E-state index contributed by atoms with van der Waals surface area (Å²) in [6.07, 6.45) is 4.78. The lowest BCUT2D eigenvalue weighted by atomic mass is 10.2. The summed E-state index contributed by atoms with van der Waals surface area (Å²) < 4.78 is 5.52. The molecule has 1 atom stereocenters. The van der Waals surface area contributed by atoms with Gasteiger partial charge in [0.15, 0.2) is 0 Å². The first-order valence-electron chi connectivity index (χ1n) is 6.03. The van der Waals surface area contributed by atoms with Crippen LogP contribution < -0.4 is 5.32 Å². The molecule has 1 fully saturated rings. The van der Waals surface area contributed by atoms with Crippen LogP contribution in [0.25, 0.3) is 0 Å². The summed E-state index contributed by atoms with van der Waals surface area (Å²) in [5.74, 6) is 0. The van der Waals surface area contributed by atoms with Crippen LogP contribution >= 0.6 is 0 Å². The maximum absolute atomic E-state index is 9.69. The third-order valence-corrected chi connectivity index (χ3v) is 2.71. The molecule has 0 heterocycles. The van der Waals surface area contributed by atoms with Crippen LogP contribution in [0.5, 0.6) is 0 Å². The number of nitrogens with one attached hydrogen (secondary N) is 1. The Morgan fingerprint density at radius 1 is 1.33 bits per heavy atom. The van der Waals surface area contributed by atoms with E-state index in [9.17, 15) is 5.11 Å². The minimum absolute atomic E-state index is 0.158. The Bertz CT molecular complexity index is 171. The maximum Gasteiger partial charge on any atom is 0.0898 e. The van der Waals surface area contributed by atoms with Gasteiger partial charge in [0.1, 0.15) is 0 Å². The van der Waals surface area contributed by atoms with E-state index in [0.29, 0.717) is 19.2 Å². The van der Waals surface area contributed by atoms with Crippen molar-refractivity contribution in [1.82, 2.24) is 5.32 Å². The fourth-order valence-electron chi connectivity index (χ4n) is 1.84. The Hall–Kier alpha value is -0.120. The molecule has 90 valence electrons. The molecular formula is C12H25NO2. The topological polar surface area (TPSA) is 41.5 Å². The summed E-state index contributed by atoms with van der Waals surface area (Å²) in [5, 5.41) is 13.1. The molecule has 15 heavy (non-hydrogen) atoms. The molecule has 0 aromatic heterocycles. The van der Waals surface area contributed by atoms with Crippen molar-refractivity contribution >= 4 is 0 Å². The summed E-state index contributed by atoms with van der Waals surface area (Å²) in [5.41, 5.74) is -0.158. The lowest BCUT2D eigenvalue weighted by Gasteiger charge is -2.23. The van der Waals surface area contributed by atoms with Gasteiger partial charge in [-0.15, -0.1) is 0 Å². The molecule has 0 saturated heterocycles. The monoisotopic (exact) mass is 215 g/mol. The highest BCUT2D eigenvalue weighted by Gasteiger charge is 2.17. The van der Waals surface area contributed by atoms with Crippen LogP contribution in [0.4, 0.5) is 0 Å². The van der Waals surface area contributed by atoms with Gasteiger partial charge in [-0.05, 0) is 33.6 Å². The second kappa shape index (κ2) is 5.83. The Labute approximate surface area is 93.2 Å². The fourth-order valence-corrected chi connectivity index (χ4v) is 1.84. The van der Waals surface area contributed by atoms with E-state index in [1.54, 1.807) is 0 Å². The van der Waals surface area contributed by atoms with Crippen molar-refractivity contribution in [2.24, 2.45) is 0 Å². The van der Waals surface area contributed by atoms with Gasteiger partial charge in [0.25, 0.3) is 0 Å². The Morgan fingerprint density at radius 2 is 1.93 bits per heavy atom. The van der Waals surface area contributed by atoms with Gasteiger partial charge in [-0.3, -0.25) is 0 Å². The SMILES string of the molecule is CC(C)(C)OC[C@@H](O)CNC1CCCC1. The van der Waals surface area contributed by atoms with E-state index < -0.39 is 0 Å². The summed E-state index contributed by atoms with van der Waals surface area (Å²) >= 11 is 0. The summed E-state index contributed by atoms with van der Waals surface area (Å²) in [6.45, 7) is 7.09. The van der Waals surface area contributed by atoms with Crippen molar-refractivity contribution in [3.63, 3.8) is 0 Å². The average Bonchev–Trinajstić information content (AvgIpc) is 2.62. The number of aliphatic hydroxyl groups excluding tert-OH is 1. The molecule has 3 heteroatoms. The minimum atomic E-state index is -0.384. The predicted molar refractivity (Wildman–Crippen MR) is 62.0 cm³/mol. The van der Waals surface area contributed by atoms with Gasteiger partial charge in [-0.2, -0.15) is 0 Å². The molecule has 2 N–H and O–H groups in total. The molecule has 1 saturated carbocycles. The summed E-state index contributed by atoms with van der Waals surface area (Å²) in [4.78, 5) is 0. The first kappa shape index (κ1) is 12.9. The van der Waals surface area contributed by atoms with Gasteiger partial charge >= 0.3 is 0 Å². The summed E-state index contributed by atoms with van der Waals surface area (Å²) in [6, 6.07) is 0.620. The molecule has 0 aromatic rings. The van der Waals surface area contributed by atoms with Gasteiger partial charge in [0, 0.05) is 12.6 Å². The zero-order valence-corrected chi connectivity index (χ0v) is 10.3. The van der Waals surface area contributed by atoms with Gasteiger partial charge < -0.3 is 15.2 Å². The number of ether oxygens (including phenoxy) is 1. The Morgan fingerprint density at radius 3 is 2.47 bits per heavy atom. The second-order valence-corrected chi connectivity index (χ2v) is 5.47. The van der Waals surface area contributed by atoms with Crippen molar-refractivity contribution in [2.45, 2.75) is 64.2 Å². The zero-order valence-electron chi connectivity index (χ0n) is 10.3. The number of aliphatic hydroxyl groups is 1. The third-order valence-electron chi connectivity index (χ3n) is 2.71. The van der Waals surface area contributed by atoms with Crippen LogP contribution in [0.1, 0.15) is 46.5 Å². The molecule has 0 amide bonds. The van der Waals surface area contributed by atoms with Crippen molar-refractivity contribution < 1.29 is 9.84 Å². The van der Waals surface area contributed by atoms with Gasteiger partial charge in [0.2, 0.25) is 0 Å². The largest absolute Gasteiger partial charge is 0.389 e. The van der Waals surface area contributed by atoms with Gasteiger partial charge in [-0.25, -0.2) is 0 Å². The molecule has 0 radical (unpaired) electrons. The van der Waals surface area contributed by atoms with Crippen LogP contribution in [0.2, 0.25) is 0 Å². The smallest absolute Gasteiger partial charge is 0.0898 e. The van der Waals surface area contributed by atoms with Crippen molar-refractivity contribution in [1.29, 1.82) is 0 Å². The third kappa shape index (κ3) is 6.13. The van der Waals surface area contributed by atoms with Crippen LogP contribution in [0.15, 0.2) is 0 Å². The van der Waals surface area contributed by atoms with Crippen molar-refractivity contribution in [3.8, 4) is 0 Å². The van der Waals surface area contributed by atoms with E-state index in [1.165, 1.54) is 25.7 Å². The average molecular weight is 215 g/mol. The van der Waals surface area contributed by atoms with E-state index in [1.807, 2.05) is 20.8 Å². The van der Waals surface area contributed by atoms with Crippen LogP contribution in [0, 0.1) is 0 Å². The van der Waals surface area contributed by atoms with Crippen molar-refractivity contribution in [2.75, 3.05) is 13.2 Å². The van der Waals surface area contributed by atoms with Gasteiger partial charge in [0.05, 0.1) is 18.3 Å². The normalized spacial score (nSPS) is 20.8. The van der Waals surface area contributed by atoms with Crippen LogP contribution in [-0.4, -0.2) is 36.0 Å². The maximum atomic E-state index is 9.69. The number of rotatable bonds is 5. The summed E-state index contributed by atoms with van der Waals surface area (Å²) in [7, 11) is 0. The predicted octanol–water partition coefficient (Wildman–Crippen LogP) is 1.69. The van der Waals surface area contributed by atoms with Crippen LogP contribution in [-0.2, 0) is 4.74 Å². The molecule has 0 bridgehead atoms. The molecule has 1 rings (SSSR count).